The molecule has 4 N–H and O–H groups in total. The van der Waals surface area contributed by atoms with E-state index in [1.165, 1.54) is 33.0 Å². The maximum atomic E-state index is 12.1. The molecule has 0 unspecified atom stereocenters. The molecule has 108 valence electrons. The molecule has 0 atom stereocenters. The Morgan fingerprint density at radius 3 is 2.30 bits per heavy atom. The molecule has 1 aromatic carbocycles. The third-order valence-electron chi connectivity index (χ3n) is 2.84. The average molecular weight is 279 g/mol. The SMILES string of the molecule is CN(C(=O)NC(C)(C)C(N)=O)c1ccccc1C(=O)O. The normalized spacial score (nSPS) is 10.8. The van der Waals surface area contributed by atoms with Gasteiger partial charge in [-0.1, -0.05) is 12.1 Å². The van der Waals surface area contributed by atoms with Crippen LogP contribution in [0.3, 0.4) is 0 Å². The fraction of sp³-hybridized carbons (Fsp3) is 0.308. The number of nitrogens with zero attached hydrogens (tertiary/aromatic N) is 1. The number of para-hydroxylation sites is 1. The van der Waals surface area contributed by atoms with Gasteiger partial charge in [0.2, 0.25) is 5.91 Å². The van der Waals surface area contributed by atoms with Crippen molar-refractivity contribution in [2.24, 2.45) is 5.73 Å². The van der Waals surface area contributed by atoms with Gasteiger partial charge in [-0.15, -0.1) is 0 Å². The van der Waals surface area contributed by atoms with Crippen LogP contribution in [0.1, 0.15) is 24.2 Å². The average Bonchev–Trinajstić information content (AvgIpc) is 2.37. The molecule has 0 aromatic heterocycles. The lowest BCUT2D eigenvalue weighted by Crippen LogP contribution is -2.56. The Morgan fingerprint density at radius 1 is 1.25 bits per heavy atom. The second-order valence-corrected chi connectivity index (χ2v) is 4.80. The molecule has 1 aromatic rings. The summed E-state index contributed by atoms with van der Waals surface area (Å²) in [5, 5.41) is 11.5. The first kappa shape index (κ1) is 15.5. The second-order valence-electron chi connectivity index (χ2n) is 4.80. The highest BCUT2D eigenvalue weighted by atomic mass is 16.4. The monoisotopic (exact) mass is 279 g/mol. The van der Waals surface area contributed by atoms with Crippen LogP contribution in [0.2, 0.25) is 0 Å². The molecule has 0 spiro atoms. The molecule has 3 amide bonds. The van der Waals surface area contributed by atoms with E-state index < -0.39 is 23.4 Å². The van der Waals surface area contributed by atoms with Gasteiger partial charge >= 0.3 is 12.0 Å². The van der Waals surface area contributed by atoms with E-state index in [0.29, 0.717) is 0 Å². The summed E-state index contributed by atoms with van der Waals surface area (Å²) in [4.78, 5) is 35.5. The molecule has 0 saturated carbocycles. The Labute approximate surface area is 116 Å². The Morgan fingerprint density at radius 2 is 1.80 bits per heavy atom. The van der Waals surface area contributed by atoms with Crippen molar-refractivity contribution in [1.29, 1.82) is 0 Å². The third kappa shape index (κ3) is 3.25. The van der Waals surface area contributed by atoms with Gasteiger partial charge in [-0.05, 0) is 26.0 Å². The molecular formula is C13H17N3O4. The number of carboxylic acid groups (broad SMARTS) is 1. The largest absolute Gasteiger partial charge is 0.478 e. The van der Waals surface area contributed by atoms with Gasteiger partial charge < -0.3 is 16.2 Å². The van der Waals surface area contributed by atoms with E-state index in [4.69, 9.17) is 10.8 Å². The van der Waals surface area contributed by atoms with Crippen molar-refractivity contribution in [3.05, 3.63) is 29.8 Å². The van der Waals surface area contributed by atoms with E-state index >= 15 is 0 Å². The van der Waals surface area contributed by atoms with Gasteiger partial charge in [0, 0.05) is 7.05 Å². The van der Waals surface area contributed by atoms with Crippen molar-refractivity contribution in [2.45, 2.75) is 19.4 Å². The summed E-state index contributed by atoms with van der Waals surface area (Å²) in [7, 11) is 1.41. The van der Waals surface area contributed by atoms with Crippen LogP contribution in [0.5, 0.6) is 0 Å². The molecule has 0 radical (unpaired) electrons. The minimum atomic E-state index is -1.23. The first-order valence-electron chi connectivity index (χ1n) is 5.85. The zero-order valence-corrected chi connectivity index (χ0v) is 11.5. The molecule has 20 heavy (non-hydrogen) atoms. The summed E-state index contributed by atoms with van der Waals surface area (Å²) in [6, 6.07) is 5.44. The highest BCUT2D eigenvalue weighted by molar-refractivity contribution is 6.02. The van der Waals surface area contributed by atoms with Gasteiger partial charge in [0.15, 0.2) is 0 Å². The number of rotatable bonds is 4. The van der Waals surface area contributed by atoms with E-state index in [2.05, 4.69) is 5.32 Å². The van der Waals surface area contributed by atoms with Crippen molar-refractivity contribution in [3.63, 3.8) is 0 Å². The molecule has 7 nitrogen and oxygen atoms in total. The molecule has 7 heteroatoms. The molecule has 1 rings (SSSR count). The number of amides is 3. The number of benzene rings is 1. The Kier molecular flexibility index (Phi) is 4.34. The van der Waals surface area contributed by atoms with Gasteiger partial charge in [-0.3, -0.25) is 9.69 Å². The topological polar surface area (TPSA) is 113 Å². The van der Waals surface area contributed by atoms with Crippen LogP contribution < -0.4 is 16.0 Å². The lowest BCUT2D eigenvalue weighted by Gasteiger charge is -2.27. The first-order valence-corrected chi connectivity index (χ1v) is 5.85. The van der Waals surface area contributed by atoms with E-state index in [9.17, 15) is 14.4 Å². The van der Waals surface area contributed by atoms with Crippen LogP contribution in [0, 0.1) is 0 Å². The minimum Gasteiger partial charge on any atom is -0.478 e. The number of nitrogens with two attached hydrogens (primary N) is 1. The molecule has 0 heterocycles. The summed E-state index contributed by atoms with van der Waals surface area (Å²) < 4.78 is 0. The van der Waals surface area contributed by atoms with Crippen molar-refractivity contribution in [1.82, 2.24) is 5.32 Å². The maximum Gasteiger partial charge on any atom is 0.337 e. The van der Waals surface area contributed by atoms with E-state index in [1.807, 2.05) is 0 Å². The van der Waals surface area contributed by atoms with Crippen LogP contribution in [0.15, 0.2) is 24.3 Å². The number of primary amides is 1. The predicted octanol–water partition coefficient (Wildman–Crippen LogP) is 0.794. The maximum absolute atomic E-state index is 12.1. The lowest BCUT2D eigenvalue weighted by atomic mass is 10.1. The summed E-state index contributed by atoms with van der Waals surface area (Å²) in [5.74, 6) is -1.83. The van der Waals surface area contributed by atoms with Crippen molar-refractivity contribution < 1.29 is 19.5 Å². The highest BCUT2D eigenvalue weighted by Crippen LogP contribution is 2.19. The Balaban J connectivity index is 3.02. The zero-order chi connectivity index (χ0) is 15.5. The second kappa shape index (κ2) is 5.60. The lowest BCUT2D eigenvalue weighted by molar-refractivity contribution is -0.122. The summed E-state index contributed by atoms with van der Waals surface area (Å²) in [6.45, 7) is 2.92. The molecule has 0 aliphatic carbocycles. The van der Waals surface area contributed by atoms with Crippen LogP contribution in [-0.2, 0) is 4.79 Å². The van der Waals surface area contributed by atoms with Crippen LogP contribution >= 0.6 is 0 Å². The van der Waals surface area contributed by atoms with Gasteiger partial charge in [0.25, 0.3) is 0 Å². The van der Waals surface area contributed by atoms with Gasteiger partial charge in [0.1, 0.15) is 5.54 Å². The Hall–Kier alpha value is -2.57. The molecule has 0 aliphatic rings. The predicted molar refractivity (Wildman–Crippen MR) is 73.6 cm³/mol. The minimum absolute atomic E-state index is 0.0120. The number of anilines is 1. The standard InChI is InChI=1S/C13H17N3O4/c1-13(2,11(14)19)15-12(20)16(3)9-7-5-4-6-8(9)10(17)18/h4-7H,1-3H3,(H2,14,19)(H,15,20)(H,17,18). The summed E-state index contributed by atoms with van der Waals surface area (Å²) >= 11 is 0. The Bertz CT molecular complexity index is 554. The quantitative estimate of drug-likeness (QED) is 0.756. The number of hydrogen-bond acceptors (Lipinski definition) is 3. The molecule has 0 fully saturated rings. The van der Waals surface area contributed by atoms with Crippen molar-refractivity contribution in [2.75, 3.05) is 11.9 Å². The third-order valence-corrected chi connectivity index (χ3v) is 2.84. The fourth-order valence-electron chi connectivity index (χ4n) is 1.47. The highest BCUT2D eigenvalue weighted by Gasteiger charge is 2.29. The van der Waals surface area contributed by atoms with Gasteiger partial charge in [-0.25, -0.2) is 9.59 Å². The smallest absolute Gasteiger partial charge is 0.337 e. The zero-order valence-electron chi connectivity index (χ0n) is 11.5. The molecule has 0 bridgehead atoms. The molecular weight excluding hydrogens is 262 g/mol. The number of urea groups is 1. The number of aromatic carboxylic acids is 1. The number of nitrogens with one attached hydrogen (secondary N) is 1. The van der Waals surface area contributed by atoms with Gasteiger partial charge in [-0.2, -0.15) is 0 Å². The molecule has 0 aliphatic heterocycles. The van der Waals surface area contributed by atoms with E-state index in [1.54, 1.807) is 12.1 Å². The van der Waals surface area contributed by atoms with Crippen LogP contribution in [0.25, 0.3) is 0 Å². The molecule has 0 saturated heterocycles. The number of carbonyl (C=O) groups excluding carboxylic acids is 2. The number of carboxylic acids is 1. The van der Waals surface area contributed by atoms with E-state index in [0.717, 1.165) is 4.90 Å². The number of hydrogen-bond donors (Lipinski definition) is 3. The van der Waals surface area contributed by atoms with Crippen molar-refractivity contribution in [3.8, 4) is 0 Å². The van der Waals surface area contributed by atoms with Crippen LogP contribution in [-0.4, -0.2) is 35.6 Å². The summed E-state index contributed by atoms with van der Waals surface area (Å²) in [6.07, 6.45) is 0. The first-order chi connectivity index (χ1) is 9.16. The number of carbonyl (C=O) groups is 3. The fourth-order valence-corrected chi connectivity index (χ4v) is 1.47. The van der Waals surface area contributed by atoms with Crippen molar-refractivity contribution >= 4 is 23.6 Å². The van der Waals surface area contributed by atoms with Crippen LogP contribution in [0.4, 0.5) is 10.5 Å². The van der Waals surface area contributed by atoms with E-state index in [-0.39, 0.29) is 11.3 Å². The van der Waals surface area contributed by atoms with Gasteiger partial charge in [0.05, 0.1) is 11.3 Å². The summed E-state index contributed by atoms with van der Waals surface area (Å²) in [5.41, 5.74) is 4.14.